The van der Waals surface area contributed by atoms with Gasteiger partial charge in [0, 0.05) is 25.2 Å². The normalized spacial score (nSPS) is 18.3. The van der Waals surface area contributed by atoms with Crippen LogP contribution in [0.4, 0.5) is 20.6 Å². The summed E-state index contributed by atoms with van der Waals surface area (Å²) in [6.07, 6.45) is 3.92. The van der Waals surface area contributed by atoms with Crippen molar-refractivity contribution in [1.82, 2.24) is 15.2 Å². The minimum absolute atomic E-state index is 0.0836. The Morgan fingerprint density at radius 3 is 2.66 bits per heavy atom. The van der Waals surface area contributed by atoms with Gasteiger partial charge in [-0.3, -0.25) is 9.78 Å². The number of aryl methyl sites for hydroxylation is 1. The zero-order valence-corrected chi connectivity index (χ0v) is 19.2. The Morgan fingerprint density at radius 2 is 2.03 bits per heavy atom. The molecule has 3 N–H and O–H groups in total. The molecule has 0 spiro atoms. The van der Waals surface area contributed by atoms with Crippen LogP contribution in [0.2, 0.25) is 0 Å². The molecule has 7 nitrogen and oxygen atoms in total. The monoisotopic (exact) mass is 441 g/mol. The van der Waals surface area contributed by atoms with Crippen LogP contribution in [0.5, 0.6) is 0 Å². The molecule has 0 bridgehead atoms. The fraction of sp³-hybridized carbons (Fsp3) is 0.458. The molecule has 1 aliphatic heterocycles. The lowest BCUT2D eigenvalue weighted by molar-refractivity contribution is -0.139. The van der Waals surface area contributed by atoms with E-state index in [-0.39, 0.29) is 17.5 Å². The Bertz CT molecular complexity index is 955. The van der Waals surface area contributed by atoms with Crippen molar-refractivity contribution >= 4 is 23.3 Å². The van der Waals surface area contributed by atoms with Gasteiger partial charge in [-0.1, -0.05) is 19.9 Å². The van der Waals surface area contributed by atoms with Crippen molar-refractivity contribution in [2.24, 2.45) is 5.92 Å². The fourth-order valence-corrected chi connectivity index (χ4v) is 4.11. The first kappa shape index (κ1) is 23.7. The molecule has 0 saturated carbocycles. The van der Waals surface area contributed by atoms with Gasteiger partial charge in [0.1, 0.15) is 5.82 Å². The van der Waals surface area contributed by atoms with E-state index < -0.39 is 17.4 Å². The zero-order valence-electron chi connectivity index (χ0n) is 19.2. The van der Waals surface area contributed by atoms with E-state index in [0.717, 1.165) is 30.6 Å². The molecule has 3 rings (SSSR count). The maximum atomic E-state index is 14.5. The summed E-state index contributed by atoms with van der Waals surface area (Å²) >= 11 is 0. The van der Waals surface area contributed by atoms with E-state index in [1.54, 1.807) is 30.5 Å². The van der Waals surface area contributed by atoms with Crippen LogP contribution in [-0.4, -0.2) is 47.5 Å². The number of rotatable bonds is 6. The van der Waals surface area contributed by atoms with Gasteiger partial charge in [-0.25, -0.2) is 9.18 Å². The number of benzene rings is 1. The van der Waals surface area contributed by atoms with Crippen LogP contribution in [0.1, 0.15) is 37.9 Å². The quantitative estimate of drug-likeness (QED) is 0.634. The maximum absolute atomic E-state index is 14.5. The maximum Gasteiger partial charge on any atom is 0.323 e. The van der Waals surface area contributed by atoms with Crippen molar-refractivity contribution in [2.75, 3.05) is 30.8 Å². The molecule has 2 aromatic rings. The Balaban J connectivity index is 1.77. The lowest BCUT2D eigenvalue weighted by atomic mass is 9.82. The summed E-state index contributed by atoms with van der Waals surface area (Å²) in [4.78, 5) is 31.1. The zero-order chi connectivity index (χ0) is 23.3. The Kier molecular flexibility index (Phi) is 7.45. The highest BCUT2D eigenvalue weighted by Crippen LogP contribution is 2.30. The molecule has 1 aliphatic rings. The van der Waals surface area contributed by atoms with E-state index in [2.05, 4.69) is 20.9 Å². The number of amides is 3. The van der Waals surface area contributed by atoms with Crippen LogP contribution in [-0.2, 0) is 11.2 Å². The largest absolute Gasteiger partial charge is 0.338 e. The van der Waals surface area contributed by atoms with Crippen LogP contribution in [0.25, 0.3) is 0 Å². The number of anilines is 2. The van der Waals surface area contributed by atoms with Crippen molar-refractivity contribution < 1.29 is 14.0 Å². The third-order valence-electron chi connectivity index (χ3n) is 5.97. The summed E-state index contributed by atoms with van der Waals surface area (Å²) in [6, 6.07) is 7.68. The molecule has 1 fully saturated rings. The predicted molar refractivity (Wildman–Crippen MR) is 124 cm³/mol. The number of carbonyl (C=O) groups is 2. The Morgan fingerprint density at radius 1 is 1.25 bits per heavy atom. The summed E-state index contributed by atoms with van der Waals surface area (Å²) in [5.74, 6) is -0.544. The molecule has 8 heteroatoms. The van der Waals surface area contributed by atoms with Gasteiger partial charge in [-0.15, -0.1) is 0 Å². The van der Waals surface area contributed by atoms with Crippen molar-refractivity contribution in [2.45, 2.75) is 45.6 Å². The number of nitrogens with zero attached hydrogens (tertiary/aromatic N) is 2. The van der Waals surface area contributed by atoms with Crippen molar-refractivity contribution in [3.63, 3.8) is 0 Å². The lowest BCUT2D eigenvalue weighted by Crippen LogP contribution is -2.60. The molecule has 1 saturated heterocycles. The molecule has 0 unspecified atom stereocenters. The number of pyridine rings is 1. The summed E-state index contributed by atoms with van der Waals surface area (Å²) in [5.41, 5.74) is 1.90. The number of carbonyl (C=O) groups excluding carboxylic acids is 2. The molecule has 32 heavy (non-hydrogen) atoms. The highest BCUT2D eigenvalue weighted by Gasteiger charge is 2.39. The Hall–Kier alpha value is -3.00. The molecule has 3 amide bonds. The van der Waals surface area contributed by atoms with Gasteiger partial charge in [0.05, 0.1) is 23.1 Å². The molecule has 1 atom stereocenters. The highest BCUT2D eigenvalue weighted by atomic mass is 19.1. The van der Waals surface area contributed by atoms with E-state index in [0.29, 0.717) is 18.7 Å². The Labute approximate surface area is 188 Å². The van der Waals surface area contributed by atoms with E-state index >= 15 is 0 Å². The highest BCUT2D eigenvalue weighted by molar-refractivity contribution is 5.99. The average molecular weight is 442 g/mol. The number of halogens is 1. The second kappa shape index (κ2) is 10.1. The molecule has 1 aromatic carbocycles. The molecular formula is C24H32FN5O2. The van der Waals surface area contributed by atoms with Crippen LogP contribution in [0.15, 0.2) is 36.5 Å². The van der Waals surface area contributed by atoms with E-state index in [1.807, 2.05) is 32.7 Å². The number of urea groups is 1. The standard InChI is InChI=1S/C24H32FN5O2/c1-16(2)22(31)30(4)24(10-5-11-26-15-24)13-18-7-9-20(25)21(12-18)29-23(32)28-19-8-6-17(3)27-14-19/h6-9,12,14,16,26H,5,10-11,13,15H2,1-4H3,(H2,28,29,32)/t24-/m1/s1. The van der Waals surface area contributed by atoms with Crippen molar-refractivity contribution in [1.29, 1.82) is 0 Å². The summed E-state index contributed by atoms with van der Waals surface area (Å²) in [6.45, 7) is 7.22. The number of nitrogens with one attached hydrogen (secondary N) is 3. The van der Waals surface area contributed by atoms with Gasteiger partial charge in [0.15, 0.2) is 0 Å². The van der Waals surface area contributed by atoms with Crippen LogP contribution < -0.4 is 16.0 Å². The first-order valence-corrected chi connectivity index (χ1v) is 11.0. The second-order valence-electron chi connectivity index (χ2n) is 8.81. The molecular weight excluding hydrogens is 409 g/mol. The first-order chi connectivity index (χ1) is 15.2. The van der Waals surface area contributed by atoms with Gasteiger partial charge >= 0.3 is 6.03 Å². The SMILES string of the molecule is Cc1ccc(NC(=O)Nc2cc(C[C@]3(N(C)C(=O)C(C)C)CCCNC3)ccc2F)cn1. The third kappa shape index (κ3) is 5.62. The predicted octanol–water partition coefficient (Wildman–Crippen LogP) is 3.95. The molecule has 2 heterocycles. The van der Waals surface area contributed by atoms with Crippen LogP contribution >= 0.6 is 0 Å². The number of hydrogen-bond acceptors (Lipinski definition) is 4. The topological polar surface area (TPSA) is 86.4 Å². The summed E-state index contributed by atoms with van der Waals surface area (Å²) < 4.78 is 14.5. The average Bonchev–Trinajstić information content (AvgIpc) is 2.77. The van der Waals surface area contributed by atoms with Gasteiger partial charge in [0.25, 0.3) is 0 Å². The smallest absolute Gasteiger partial charge is 0.323 e. The van der Waals surface area contributed by atoms with Crippen LogP contribution in [0, 0.1) is 18.7 Å². The minimum Gasteiger partial charge on any atom is -0.338 e. The van der Waals surface area contributed by atoms with E-state index in [1.165, 1.54) is 6.07 Å². The van der Waals surface area contributed by atoms with Crippen molar-refractivity contribution in [3.8, 4) is 0 Å². The number of likely N-dealkylation sites (N-methyl/N-ethyl adjacent to an activating group) is 1. The molecule has 172 valence electrons. The first-order valence-electron chi connectivity index (χ1n) is 11.0. The van der Waals surface area contributed by atoms with Crippen molar-refractivity contribution in [3.05, 3.63) is 53.6 Å². The molecule has 1 aromatic heterocycles. The second-order valence-corrected chi connectivity index (χ2v) is 8.81. The van der Waals surface area contributed by atoms with E-state index in [4.69, 9.17) is 0 Å². The fourth-order valence-electron chi connectivity index (χ4n) is 4.11. The summed E-state index contributed by atoms with van der Waals surface area (Å²) in [5, 5.41) is 8.65. The van der Waals surface area contributed by atoms with Gasteiger partial charge in [0.2, 0.25) is 5.91 Å². The molecule has 0 aliphatic carbocycles. The number of hydrogen-bond donors (Lipinski definition) is 3. The van der Waals surface area contributed by atoms with Gasteiger partial charge in [-0.05, 0) is 62.6 Å². The lowest BCUT2D eigenvalue weighted by Gasteiger charge is -2.46. The van der Waals surface area contributed by atoms with E-state index in [9.17, 15) is 14.0 Å². The van der Waals surface area contributed by atoms with Gasteiger partial charge < -0.3 is 20.9 Å². The van der Waals surface area contributed by atoms with Crippen LogP contribution in [0.3, 0.4) is 0 Å². The molecule has 0 radical (unpaired) electrons. The third-order valence-corrected chi connectivity index (χ3v) is 5.97. The summed E-state index contributed by atoms with van der Waals surface area (Å²) in [7, 11) is 1.85. The van der Waals surface area contributed by atoms with Gasteiger partial charge in [-0.2, -0.15) is 0 Å². The number of piperidine rings is 1. The number of aromatic nitrogens is 1. The minimum atomic E-state index is -0.548.